The predicted molar refractivity (Wildman–Crippen MR) is 90.0 cm³/mol. The van der Waals surface area contributed by atoms with Crippen LogP contribution in [-0.2, 0) is 0 Å². The lowest BCUT2D eigenvalue weighted by molar-refractivity contribution is 0.413. The van der Waals surface area contributed by atoms with Gasteiger partial charge >= 0.3 is 0 Å². The van der Waals surface area contributed by atoms with Crippen LogP contribution in [0.25, 0.3) is 16.7 Å². The molecule has 0 amide bonds. The Labute approximate surface area is 141 Å². The van der Waals surface area contributed by atoms with E-state index in [1.54, 1.807) is 37.4 Å². The largest absolute Gasteiger partial charge is 0.495 e. The second-order valence-electron chi connectivity index (χ2n) is 4.37. The third-order valence-corrected chi connectivity index (χ3v) is 4.35. The molecule has 0 radical (unpaired) electrons. The van der Waals surface area contributed by atoms with Gasteiger partial charge in [-0.15, -0.1) is 0 Å². The van der Waals surface area contributed by atoms with Gasteiger partial charge in [0.15, 0.2) is 4.77 Å². The van der Waals surface area contributed by atoms with Gasteiger partial charge in [-0.2, -0.15) is 0 Å². The van der Waals surface area contributed by atoms with Crippen molar-refractivity contribution in [3.63, 3.8) is 0 Å². The van der Waals surface area contributed by atoms with Gasteiger partial charge in [0, 0.05) is 5.02 Å². The number of aromatic nitrogens is 2. The van der Waals surface area contributed by atoms with Gasteiger partial charge in [0.1, 0.15) is 5.75 Å². The molecule has 0 saturated carbocycles. The summed E-state index contributed by atoms with van der Waals surface area (Å²) in [7, 11) is 1.59. The van der Waals surface area contributed by atoms with E-state index in [-0.39, 0.29) is 0 Å². The molecule has 108 valence electrons. The summed E-state index contributed by atoms with van der Waals surface area (Å²) in [6.45, 7) is 0. The van der Waals surface area contributed by atoms with Crippen molar-refractivity contribution in [3.05, 3.63) is 50.2 Å². The Morgan fingerprint density at radius 1 is 1.10 bits per heavy atom. The minimum Gasteiger partial charge on any atom is -0.495 e. The van der Waals surface area contributed by atoms with E-state index in [2.05, 4.69) is 4.98 Å². The Kier molecular flexibility index (Phi) is 3.88. The SMILES string of the molecule is COc1ccc(Cl)cc1-n1c(=S)[nH]c2cc(Cl)c(Cl)cc21. The van der Waals surface area contributed by atoms with Gasteiger partial charge < -0.3 is 9.72 Å². The fourth-order valence-electron chi connectivity index (χ4n) is 2.18. The number of hydrogen-bond donors (Lipinski definition) is 1. The standard InChI is InChI=1S/C14H9Cl3N2OS/c1-20-13-3-2-7(15)4-12(13)19-11-6-9(17)8(16)5-10(11)18-14(19)21/h2-6H,1H3,(H,18,21). The van der Waals surface area contributed by atoms with Crippen molar-refractivity contribution < 1.29 is 4.74 Å². The van der Waals surface area contributed by atoms with Gasteiger partial charge in [0.2, 0.25) is 0 Å². The maximum absolute atomic E-state index is 6.11. The molecule has 3 nitrogen and oxygen atoms in total. The number of nitrogens with zero attached hydrogens (tertiary/aromatic N) is 1. The fraction of sp³-hybridized carbons (Fsp3) is 0.0714. The first-order valence-corrected chi connectivity index (χ1v) is 7.49. The van der Waals surface area contributed by atoms with Crippen LogP contribution in [0.3, 0.4) is 0 Å². The zero-order valence-corrected chi connectivity index (χ0v) is 13.9. The Morgan fingerprint density at radius 3 is 2.52 bits per heavy atom. The number of aromatic amines is 1. The molecule has 1 heterocycles. The van der Waals surface area contributed by atoms with Crippen LogP contribution in [0.1, 0.15) is 0 Å². The van der Waals surface area contributed by atoms with Crippen LogP contribution in [0.4, 0.5) is 0 Å². The Balaban J connectivity index is 2.40. The number of fused-ring (bicyclic) bond motifs is 1. The van der Waals surface area contributed by atoms with Crippen LogP contribution < -0.4 is 4.74 Å². The number of ether oxygens (including phenoxy) is 1. The highest BCUT2D eigenvalue weighted by molar-refractivity contribution is 7.71. The summed E-state index contributed by atoms with van der Waals surface area (Å²) >= 11 is 23.6. The summed E-state index contributed by atoms with van der Waals surface area (Å²) in [5.74, 6) is 0.655. The van der Waals surface area contributed by atoms with Crippen molar-refractivity contribution in [2.75, 3.05) is 7.11 Å². The number of methoxy groups -OCH3 is 1. The van der Waals surface area contributed by atoms with E-state index >= 15 is 0 Å². The topological polar surface area (TPSA) is 29.9 Å². The van der Waals surface area contributed by atoms with Crippen molar-refractivity contribution in [1.82, 2.24) is 9.55 Å². The van der Waals surface area contributed by atoms with E-state index in [1.165, 1.54) is 0 Å². The molecule has 0 aliphatic heterocycles. The maximum atomic E-state index is 6.11. The summed E-state index contributed by atoms with van der Waals surface area (Å²) in [5, 5.41) is 1.50. The van der Waals surface area contributed by atoms with E-state index in [1.807, 2.05) is 4.57 Å². The lowest BCUT2D eigenvalue weighted by Gasteiger charge is -2.11. The molecular formula is C14H9Cl3N2OS. The number of nitrogens with one attached hydrogen (secondary N) is 1. The van der Waals surface area contributed by atoms with Crippen LogP contribution in [0.5, 0.6) is 5.75 Å². The quantitative estimate of drug-likeness (QED) is 0.599. The maximum Gasteiger partial charge on any atom is 0.182 e. The summed E-state index contributed by atoms with van der Waals surface area (Å²) in [6.07, 6.45) is 0. The highest BCUT2D eigenvalue weighted by atomic mass is 35.5. The Morgan fingerprint density at radius 2 is 1.81 bits per heavy atom. The summed E-state index contributed by atoms with van der Waals surface area (Å²) in [6, 6.07) is 8.82. The molecule has 3 rings (SSSR count). The molecule has 7 heteroatoms. The second-order valence-corrected chi connectivity index (χ2v) is 6.00. The average Bonchev–Trinajstić information content (AvgIpc) is 2.74. The number of imidazole rings is 1. The Hall–Kier alpha value is -1.20. The minimum atomic E-state index is 0.452. The summed E-state index contributed by atoms with van der Waals surface area (Å²) in [5.41, 5.74) is 2.33. The molecule has 0 fully saturated rings. The first-order chi connectivity index (χ1) is 10.0. The highest BCUT2D eigenvalue weighted by Gasteiger charge is 2.13. The van der Waals surface area contributed by atoms with Gasteiger partial charge in [-0.05, 0) is 42.5 Å². The molecule has 1 N–H and O–H groups in total. The van der Waals surface area contributed by atoms with E-state index in [4.69, 9.17) is 51.8 Å². The zero-order chi connectivity index (χ0) is 15.1. The predicted octanol–water partition coefficient (Wildman–Crippen LogP) is 5.66. The molecule has 2 aromatic carbocycles. The fourth-order valence-corrected chi connectivity index (χ4v) is 2.97. The Bertz CT molecular complexity index is 901. The molecular weight excluding hydrogens is 351 g/mol. The van der Waals surface area contributed by atoms with E-state index < -0.39 is 0 Å². The molecule has 0 bridgehead atoms. The third kappa shape index (κ3) is 2.53. The normalized spacial score (nSPS) is 11.0. The van der Waals surface area contributed by atoms with Gasteiger partial charge in [0.05, 0.1) is 33.9 Å². The molecule has 0 saturated heterocycles. The average molecular weight is 360 g/mol. The molecule has 21 heavy (non-hydrogen) atoms. The van der Waals surface area contributed by atoms with Crippen LogP contribution >= 0.6 is 47.0 Å². The number of hydrogen-bond acceptors (Lipinski definition) is 2. The molecule has 1 aromatic heterocycles. The molecule has 0 unspecified atom stereocenters. The number of rotatable bonds is 2. The highest BCUT2D eigenvalue weighted by Crippen LogP contribution is 2.33. The molecule has 0 atom stereocenters. The summed E-state index contributed by atoms with van der Waals surface area (Å²) in [4.78, 5) is 3.10. The molecule has 0 aliphatic rings. The molecule has 0 aliphatic carbocycles. The number of halogens is 3. The lowest BCUT2D eigenvalue weighted by Crippen LogP contribution is -1.98. The van der Waals surface area contributed by atoms with Gasteiger partial charge in [-0.3, -0.25) is 4.57 Å². The van der Waals surface area contributed by atoms with Gasteiger partial charge in [-0.25, -0.2) is 0 Å². The van der Waals surface area contributed by atoms with Crippen LogP contribution in [-0.4, -0.2) is 16.7 Å². The summed E-state index contributed by atoms with van der Waals surface area (Å²) < 4.78 is 7.70. The lowest BCUT2D eigenvalue weighted by atomic mass is 10.2. The number of benzene rings is 2. The van der Waals surface area contributed by atoms with Crippen LogP contribution in [0.15, 0.2) is 30.3 Å². The smallest absolute Gasteiger partial charge is 0.182 e. The minimum absolute atomic E-state index is 0.452. The van der Waals surface area contributed by atoms with Crippen LogP contribution in [0.2, 0.25) is 15.1 Å². The van der Waals surface area contributed by atoms with Crippen molar-refractivity contribution in [2.45, 2.75) is 0 Å². The van der Waals surface area contributed by atoms with E-state index in [0.717, 1.165) is 16.7 Å². The van der Waals surface area contributed by atoms with E-state index in [9.17, 15) is 0 Å². The molecule has 0 spiro atoms. The third-order valence-electron chi connectivity index (χ3n) is 3.11. The van der Waals surface area contributed by atoms with Crippen molar-refractivity contribution in [1.29, 1.82) is 0 Å². The first-order valence-electron chi connectivity index (χ1n) is 5.95. The number of H-pyrrole nitrogens is 1. The van der Waals surface area contributed by atoms with Crippen molar-refractivity contribution in [2.24, 2.45) is 0 Å². The first kappa shape index (κ1) is 14.7. The molecule has 3 aromatic rings. The second kappa shape index (κ2) is 5.54. The van der Waals surface area contributed by atoms with Gasteiger partial charge in [-0.1, -0.05) is 34.8 Å². The monoisotopic (exact) mass is 358 g/mol. The zero-order valence-electron chi connectivity index (χ0n) is 10.8. The van der Waals surface area contributed by atoms with Gasteiger partial charge in [0.25, 0.3) is 0 Å². The van der Waals surface area contributed by atoms with Crippen LogP contribution in [0, 0.1) is 4.77 Å². The van der Waals surface area contributed by atoms with E-state index in [0.29, 0.717) is 25.6 Å². The van der Waals surface area contributed by atoms with Crippen molar-refractivity contribution >= 4 is 58.1 Å². The van der Waals surface area contributed by atoms with Crippen molar-refractivity contribution in [3.8, 4) is 11.4 Å².